The van der Waals surface area contributed by atoms with Gasteiger partial charge in [0.15, 0.2) is 16.6 Å². The first kappa shape index (κ1) is 27.9. The van der Waals surface area contributed by atoms with Crippen molar-refractivity contribution in [3.8, 4) is 0 Å². The lowest BCUT2D eigenvalue weighted by atomic mass is 10.3. The average Bonchev–Trinajstić information content (AvgIpc) is 2.40. The molecule has 0 fully saturated rings. The van der Waals surface area contributed by atoms with Gasteiger partial charge >= 0.3 is 14.5 Å². The molecule has 0 aliphatic heterocycles. The van der Waals surface area contributed by atoms with Crippen LogP contribution in [-0.2, 0) is 17.8 Å². The van der Waals surface area contributed by atoms with E-state index in [1.165, 1.54) is 6.92 Å². The third-order valence-electron chi connectivity index (χ3n) is 2.71. The van der Waals surface area contributed by atoms with Crippen LogP contribution < -0.4 is 0 Å². The molecule has 0 aromatic carbocycles. The van der Waals surface area contributed by atoms with Crippen LogP contribution in [0.1, 0.15) is 20.3 Å². The van der Waals surface area contributed by atoms with Gasteiger partial charge < -0.3 is 23.2 Å². The maximum atomic E-state index is 10.6. The molecule has 0 aliphatic rings. The van der Waals surface area contributed by atoms with E-state index >= 15 is 0 Å². The number of esters is 1. The molecule has 0 saturated heterocycles. The van der Waals surface area contributed by atoms with Gasteiger partial charge in [-0.15, -0.1) is 0 Å². The van der Waals surface area contributed by atoms with Gasteiger partial charge in [-0.25, -0.2) is 4.79 Å². The average molecular weight is 425 g/mol. The van der Waals surface area contributed by atoms with Gasteiger partial charge in [0.05, 0.1) is 6.61 Å². The van der Waals surface area contributed by atoms with Crippen LogP contribution in [0.5, 0.6) is 0 Å². The smallest absolute Gasteiger partial charge is 0.333 e. The number of carbonyl (C=O) groups is 1. The molecule has 0 amide bonds. The van der Waals surface area contributed by atoms with Crippen molar-refractivity contribution in [2.75, 3.05) is 13.2 Å². The topological polar surface area (TPSA) is 85.2 Å². The summed E-state index contributed by atoms with van der Waals surface area (Å²) in [5.74, 6) is -0.558. The lowest BCUT2D eigenvalue weighted by Gasteiger charge is -2.38. The number of aliphatic hydroxyl groups is 2. The molecule has 0 saturated carbocycles. The van der Waals surface area contributed by atoms with Gasteiger partial charge in [-0.2, -0.15) is 0 Å². The van der Waals surface area contributed by atoms with Crippen molar-refractivity contribution < 1.29 is 28.0 Å². The van der Waals surface area contributed by atoms with E-state index in [1.54, 1.807) is 0 Å². The second-order valence-corrected chi connectivity index (χ2v) is 21.4. The van der Waals surface area contributed by atoms with Gasteiger partial charge in [0.2, 0.25) is 0 Å². The molecule has 1 atom stereocenters. The Labute approximate surface area is 163 Å². The van der Waals surface area contributed by atoms with E-state index in [0.717, 1.165) is 12.5 Å². The van der Waals surface area contributed by atoms with E-state index in [1.807, 2.05) is 0 Å². The van der Waals surface area contributed by atoms with Crippen LogP contribution in [0, 0.1) is 0 Å². The molecule has 0 bridgehead atoms. The second-order valence-electron chi connectivity index (χ2n) is 8.53. The molecule has 26 heavy (non-hydrogen) atoms. The van der Waals surface area contributed by atoms with Crippen LogP contribution in [0.25, 0.3) is 0 Å². The lowest BCUT2D eigenvalue weighted by molar-refractivity contribution is -0.142. The Hall–Kier alpha value is -0.299. The summed E-state index contributed by atoms with van der Waals surface area (Å²) in [5, 5.41) is 17.1. The molecule has 6 nitrogen and oxygen atoms in total. The molecule has 1 unspecified atom stereocenters. The quantitative estimate of drug-likeness (QED) is 0.316. The minimum atomic E-state index is -1.90. The zero-order valence-corrected chi connectivity index (χ0v) is 21.1. The van der Waals surface area contributed by atoms with Gasteiger partial charge in [-0.1, -0.05) is 19.9 Å². The Balaban J connectivity index is 0. The number of hydrogen-bond acceptors (Lipinski definition) is 6. The predicted octanol–water partition coefficient (Wildman–Crippen LogP) is 3.63. The Morgan fingerprint density at radius 1 is 1.04 bits per heavy atom. The summed E-state index contributed by atoms with van der Waals surface area (Å²) in [6.07, 6.45) is 0.163. The highest BCUT2D eigenvalue weighted by molar-refractivity contribution is 6.87. The molecule has 0 aromatic heterocycles. The fourth-order valence-electron chi connectivity index (χ4n) is 2.22. The first-order valence-electron chi connectivity index (χ1n) is 9.07. The van der Waals surface area contributed by atoms with Crippen molar-refractivity contribution in [3.63, 3.8) is 0 Å². The zero-order chi connectivity index (χ0) is 21.2. The molecule has 0 spiro atoms. The van der Waals surface area contributed by atoms with Gasteiger partial charge in [-0.05, 0) is 58.8 Å². The summed E-state index contributed by atoms with van der Waals surface area (Å²) in [4.78, 5) is 10.6. The Kier molecular flexibility index (Phi) is 13.1. The van der Waals surface area contributed by atoms with Crippen molar-refractivity contribution in [1.82, 2.24) is 0 Å². The van der Waals surface area contributed by atoms with Crippen LogP contribution in [0.4, 0.5) is 0 Å². The van der Waals surface area contributed by atoms with E-state index in [-0.39, 0.29) is 12.2 Å². The van der Waals surface area contributed by atoms with E-state index in [2.05, 4.69) is 64.1 Å². The van der Waals surface area contributed by atoms with Crippen LogP contribution >= 0.6 is 0 Å². The van der Waals surface area contributed by atoms with Gasteiger partial charge in [0, 0.05) is 5.57 Å². The highest BCUT2D eigenvalue weighted by Gasteiger charge is 2.39. The number of hydrogen-bond donors (Lipinski definition) is 2. The SMILES string of the molecule is C=C(C)C(=O)OCC(O)CO.CCC[Si](C)(O[Si](C)(C)C)O[Si](C)(C)C. The van der Waals surface area contributed by atoms with Crippen molar-refractivity contribution in [1.29, 1.82) is 0 Å². The van der Waals surface area contributed by atoms with E-state index in [4.69, 9.17) is 18.4 Å². The summed E-state index contributed by atoms with van der Waals surface area (Å²) in [6, 6.07) is 1.13. The standard InChI is InChI=1S/C10H28O2Si3.C7H12O4/c1-9-10-15(8,11-13(2,3)4)12-14(5,6)7;1-5(2)7(10)11-4-6(9)3-8/h9-10H2,1-8H3;6,8-9H,1,3-4H2,2H3. The highest BCUT2D eigenvalue weighted by atomic mass is 28.5. The lowest BCUT2D eigenvalue weighted by Crippen LogP contribution is -2.52. The summed E-state index contributed by atoms with van der Waals surface area (Å²) in [7, 11) is -4.84. The minimum Gasteiger partial charge on any atom is -0.460 e. The minimum absolute atomic E-state index is 0.192. The molecule has 0 aliphatic carbocycles. The third kappa shape index (κ3) is 17.1. The molecule has 0 radical (unpaired) electrons. The van der Waals surface area contributed by atoms with Crippen molar-refractivity contribution in [2.45, 2.75) is 78.2 Å². The van der Waals surface area contributed by atoms with Gasteiger partial charge in [0.25, 0.3) is 0 Å². The van der Waals surface area contributed by atoms with Crippen molar-refractivity contribution in [2.24, 2.45) is 0 Å². The number of rotatable bonds is 10. The largest absolute Gasteiger partial charge is 0.460 e. The first-order valence-corrected chi connectivity index (χ1v) is 18.4. The fraction of sp³-hybridized carbons (Fsp3) is 0.824. The number of carbonyl (C=O) groups excluding carboxylic acids is 1. The van der Waals surface area contributed by atoms with Crippen molar-refractivity contribution in [3.05, 3.63) is 12.2 Å². The molecule has 9 heteroatoms. The first-order chi connectivity index (χ1) is 11.5. The molecule has 0 heterocycles. The van der Waals surface area contributed by atoms with Crippen molar-refractivity contribution >= 4 is 31.2 Å². The Bertz CT molecular complexity index is 413. The molecular formula is C17H40O6Si3. The van der Waals surface area contributed by atoms with E-state index in [0.29, 0.717) is 0 Å². The molecule has 156 valence electrons. The Morgan fingerprint density at radius 3 is 1.73 bits per heavy atom. The number of ether oxygens (including phenoxy) is 1. The van der Waals surface area contributed by atoms with Crippen LogP contribution in [0.15, 0.2) is 12.2 Å². The van der Waals surface area contributed by atoms with Crippen LogP contribution in [0.2, 0.25) is 51.9 Å². The molecule has 0 rings (SSSR count). The van der Waals surface area contributed by atoms with Gasteiger partial charge in [0.1, 0.15) is 12.7 Å². The molecule has 0 aromatic rings. The summed E-state index contributed by atoms with van der Waals surface area (Å²) < 4.78 is 17.2. The monoisotopic (exact) mass is 424 g/mol. The van der Waals surface area contributed by atoms with E-state index in [9.17, 15) is 4.79 Å². The third-order valence-corrected chi connectivity index (χ3v) is 12.5. The Morgan fingerprint density at radius 2 is 1.46 bits per heavy atom. The fourth-order valence-corrected chi connectivity index (χ4v) is 14.8. The predicted molar refractivity (Wildman–Crippen MR) is 114 cm³/mol. The van der Waals surface area contributed by atoms with E-state index < -0.39 is 43.9 Å². The van der Waals surface area contributed by atoms with Crippen LogP contribution in [0.3, 0.4) is 0 Å². The number of aliphatic hydroxyl groups excluding tert-OH is 2. The van der Waals surface area contributed by atoms with Gasteiger partial charge in [-0.3, -0.25) is 0 Å². The molecule has 2 N–H and O–H groups in total. The highest BCUT2D eigenvalue weighted by Crippen LogP contribution is 2.25. The second kappa shape index (κ2) is 12.2. The maximum Gasteiger partial charge on any atom is 0.333 e. The maximum absolute atomic E-state index is 10.6. The summed E-state index contributed by atoms with van der Waals surface area (Å²) in [5.41, 5.74) is 0.273. The molecular weight excluding hydrogens is 384 g/mol. The summed E-state index contributed by atoms with van der Waals surface area (Å²) >= 11 is 0. The summed E-state index contributed by atoms with van der Waals surface area (Å²) in [6.45, 7) is 22.2. The normalized spacial score (nSPS) is 13.5. The zero-order valence-electron chi connectivity index (χ0n) is 18.1. The van der Waals surface area contributed by atoms with Crippen LogP contribution in [-0.4, -0.2) is 60.7 Å².